The number of benzene rings is 1. The Hall–Kier alpha value is 0.560. The van der Waals surface area contributed by atoms with Gasteiger partial charge in [0.2, 0.25) is 0 Å². The molecule has 1 saturated carbocycles. The first-order chi connectivity index (χ1) is 8.06. The number of alkyl halides is 1. The van der Waals surface area contributed by atoms with Crippen LogP contribution in [0.2, 0.25) is 10.0 Å². The molecule has 0 aromatic heterocycles. The summed E-state index contributed by atoms with van der Waals surface area (Å²) in [5.41, 5.74) is 0.281. The van der Waals surface area contributed by atoms with Gasteiger partial charge in [-0.25, -0.2) is 0 Å². The van der Waals surface area contributed by atoms with Crippen LogP contribution in [-0.4, -0.2) is 11.9 Å². The third kappa shape index (κ3) is 3.12. The van der Waals surface area contributed by atoms with Crippen molar-refractivity contribution in [1.82, 2.24) is 0 Å². The van der Waals surface area contributed by atoms with E-state index in [1.54, 1.807) is 12.1 Å². The number of hydrogen-bond acceptors (Lipinski definition) is 1. The van der Waals surface area contributed by atoms with Gasteiger partial charge in [0.15, 0.2) is 0 Å². The largest absolute Gasteiger partial charge is 0.491 e. The molecule has 5 heteroatoms. The van der Waals surface area contributed by atoms with Crippen molar-refractivity contribution >= 4 is 55.1 Å². The van der Waals surface area contributed by atoms with Crippen LogP contribution >= 0.6 is 55.1 Å². The summed E-state index contributed by atoms with van der Waals surface area (Å²) in [7, 11) is 0. The molecule has 1 nitrogen and oxygen atoms in total. The normalized spacial score (nSPS) is 17.6. The predicted octanol–water partition coefficient (Wildman–Crippen LogP) is 5.70. The molecule has 0 atom stereocenters. The molecule has 2 rings (SSSR count). The summed E-state index contributed by atoms with van der Waals surface area (Å²) in [6.07, 6.45) is 3.70. The van der Waals surface area contributed by atoms with Crippen LogP contribution in [0.1, 0.15) is 19.3 Å². The van der Waals surface area contributed by atoms with E-state index in [0.29, 0.717) is 22.4 Å². The highest BCUT2D eigenvalue weighted by Gasteiger charge is 2.36. The fourth-order valence-electron chi connectivity index (χ4n) is 1.84. The van der Waals surface area contributed by atoms with Crippen molar-refractivity contribution < 1.29 is 4.74 Å². The molecule has 94 valence electrons. The molecule has 0 N–H and O–H groups in total. The van der Waals surface area contributed by atoms with Crippen molar-refractivity contribution in [2.75, 3.05) is 11.9 Å². The molecule has 0 unspecified atom stereocenters. The van der Waals surface area contributed by atoms with Gasteiger partial charge >= 0.3 is 0 Å². The molecule has 0 bridgehead atoms. The molecular weight excluding hydrogens is 391 g/mol. The first-order valence-electron chi connectivity index (χ1n) is 5.40. The number of hydrogen-bond donors (Lipinski definition) is 0. The molecule has 0 amide bonds. The molecule has 1 aromatic carbocycles. The summed E-state index contributed by atoms with van der Waals surface area (Å²) in [5.74, 6) is 0.659. The third-order valence-corrected chi connectivity index (χ3v) is 5.89. The minimum absolute atomic E-state index is 0.281. The van der Waals surface area contributed by atoms with Crippen molar-refractivity contribution in [3.05, 3.63) is 26.7 Å². The summed E-state index contributed by atoms with van der Waals surface area (Å²) in [4.78, 5) is 0. The van der Waals surface area contributed by atoms with Gasteiger partial charge in [-0.1, -0.05) is 45.6 Å². The average Bonchev–Trinajstić information content (AvgIpc) is 2.24. The Morgan fingerprint density at radius 2 is 1.94 bits per heavy atom. The van der Waals surface area contributed by atoms with Gasteiger partial charge in [-0.15, -0.1) is 0 Å². The maximum absolute atomic E-state index is 6.11. The maximum Gasteiger partial charge on any atom is 0.139 e. The molecule has 1 fully saturated rings. The second-order valence-electron chi connectivity index (χ2n) is 4.47. The Morgan fingerprint density at radius 3 is 2.47 bits per heavy atom. The first kappa shape index (κ1) is 14.0. The van der Waals surface area contributed by atoms with E-state index in [1.807, 2.05) is 0 Å². The van der Waals surface area contributed by atoms with E-state index in [9.17, 15) is 0 Å². The molecule has 1 aliphatic carbocycles. The summed E-state index contributed by atoms with van der Waals surface area (Å²) >= 11 is 19.0. The SMILES string of the molecule is Clc1cc(OCC2(CBr)CCC2)c(Cl)cc1Br. The fraction of sp³-hybridized carbons (Fsp3) is 0.500. The number of halogens is 4. The van der Waals surface area contributed by atoms with Crippen LogP contribution in [-0.2, 0) is 0 Å². The highest BCUT2D eigenvalue weighted by Crippen LogP contribution is 2.43. The number of ether oxygens (including phenoxy) is 1. The second-order valence-corrected chi connectivity index (χ2v) is 6.70. The van der Waals surface area contributed by atoms with Crippen LogP contribution in [0.25, 0.3) is 0 Å². The van der Waals surface area contributed by atoms with Gasteiger partial charge in [0.05, 0.1) is 16.7 Å². The standard InChI is InChI=1S/C12H12Br2Cl2O/c13-6-12(2-1-3-12)7-17-11-5-9(15)8(14)4-10(11)16/h4-5H,1-3,6-7H2. The Bertz CT molecular complexity index is 414. The lowest BCUT2D eigenvalue weighted by Crippen LogP contribution is -2.37. The lowest BCUT2D eigenvalue weighted by atomic mass is 9.71. The van der Waals surface area contributed by atoms with E-state index in [0.717, 1.165) is 9.80 Å². The summed E-state index contributed by atoms with van der Waals surface area (Å²) < 4.78 is 6.59. The second kappa shape index (κ2) is 5.68. The molecule has 1 aromatic rings. The zero-order valence-electron chi connectivity index (χ0n) is 9.11. The van der Waals surface area contributed by atoms with E-state index in [4.69, 9.17) is 27.9 Å². The molecule has 0 aliphatic heterocycles. The summed E-state index contributed by atoms with van der Waals surface area (Å²) in [6.45, 7) is 0.690. The highest BCUT2D eigenvalue weighted by atomic mass is 79.9. The molecular formula is C12H12Br2Cl2O. The molecule has 0 radical (unpaired) electrons. The first-order valence-corrected chi connectivity index (χ1v) is 8.07. The monoisotopic (exact) mass is 400 g/mol. The van der Waals surface area contributed by atoms with E-state index < -0.39 is 0 Å². The number of rotatable bonds is 4. The molecule has 0 heterocycles. The van der Waals surface area contributed by atoms with Gasteiger partial charge in [0.25, 0.3) is 0 Å². The fourth-order valence-corrected chi connectivity index (χ4v) is 3.41. The predicted molar refractivity (Wildman–Crippen MR) is 79.7 cm³/mol. The van der Waals surface area contributed by atoms with Gasteiger partial charge in [0.1, 0.15) is 5.75 Å². The summed E-state index contributed by atoms with van der Waals surface area (Å²) in [6, 6.07) is 3.52. The van der Waals surface area contributed by atoms with Gasteiger partial charge in [0, 0.05) is 21.3 Å². The van der Waals surface area contributed by atoms with E-state index in [1.165, 1.54) is 19.3 Å². The molecule has 0 saturated heterocycles. The maximum atomic E-state index is 6.11. The Morgan fingerprint density at radius 1 is 1.24 bits per heavy atom. The van der Waals surface area contributed by atoms with E-state index >= 15 is 0 Å². The van der Waals surface area contributed by atoms with Crippen LogP contribution in [0, 0.1) is 5.41 Å². The van der Waals surface area contributed by atoms with Crippen molar-refractivity contribution in [3.8, 4) is 5.75 Å². The lowest BCUT2D eigenvalue weighted by Gasteiger charge is -2.40. The van der Waals surface area contributed by atoms with E-state index in [2.05, 4.69) is 31.9 Å². The molecule has 1 aliphatic rings. The zero-order valence-corrected chi connectivity index (χ0v) is 13.8. The minimum atomic E-state index is 0.281. The van der Waals surface area contributed by atoms with Crippen LogP contribution in [0.15, 0.2) is 16.6 Å². The van der Waals surface area contributed by atoms with Crippen LogP contribution in [0.4, 0.5) is 0 Å². The van der Waals surface area contributed by atoms with Gasteiger partial charge in [-0.05, 0) is 34.8 Å². The van der Waals surface area contributed by atoms with Crippen LogP contribution < -0.4 is 4.74 Å². The topological polar surface area (TPSA) is 9.23 Å². The van der Waals surface area contributed by atoms with Gasteiger partial charge in [-0.3, -0.25) is 0 Å². The Labute approximate surface area is 128 Å². The summed E-state index contributed by atoms with van der Waals surface area (Å²) in [5, 5.41) is 2.18. The van der Waals surface area contributed by atoms with Crippen molar-refractivity contribution in [2.45, 2.75) is 19.3 Å². The average molecular weight is 403 g/mol. The van der Waals surface area contributed by atoms with Crippen molar-refractivity contribution in [3.63, 3.8) is 0 Å². The van der Waals surface area contributed by atoms with Crippen molar-refractivity contribution in [1.29, 1.82) is 0 Å². The van der Waals surface area contributed by atoms with E-state index in [-0.39, 0.29) is 5.41 Å². The van der Waals surface area contributed by atoms with Crippen LogP contribution in [0.3, 0.4) is 0 Å². The zero-order chi connectivity index (χ0) is 12.5. The Balaban J connectivity index is 2.06. The molecule has 0 spiro atoms. The molecule has 17 heavy (non-hydrogen) atoms. The highest BCUT2D eigenvalue weighted by molar-refractivity contribution is 9.10. The quantitative estimate of drug-likeness (QED) is 0.463. The van der Waals surface area contributed by atoms with Gasteiger partial charge in [-0.2, -0.15) is 0 Å². The lowest BCUT2D eigenvalue weighted by molar-refractivity contribution is 0.0839. The van der Waals surface area contributed by atoms with Crippen molar-refractivity contribution in [2.24, 2.45) is 5.41 Å². The minimum Gasteiger partial charge on any atom is -0.491 e. The van der Waals surface area contributed by atoms with Crippen LogP contribution in [0.5, 0.6) is 5.75 Å². The third-order valence-electron chi connectivity index (χ3n) is 3.21. The Kier molecular flexibility index (Phi) is 4.67. The smallest absolute Gasteiger partial charge is 0.139 e. The van der Waals surface area contributed by atoms with Gasteiger partial charge < -0.3 is 4.74 Å².